The van der Waals surface area contributed by atoms with Crippen molar-refractivity contribution in [1.82, 2.24) is 15.6 Å². The van der Waals surface area contributed by atoms with E-state index in [9.17, 15) is 0 Å². The predicted octanol–water partition coefficient (Wildman–Crippen LogP) is 3.64. The number of aromatic nitrogens is 1. The number of nitrogens with one attached hydrogen (secondary N) is 2. The molecule has 2 N–H and O–H groups in total. The second kappa shape index (κ2) is 11.2. The van der Waals surface area contributed by atoms with Crippen LogP contribution in [0.4, 0.5) is 0 Å². The van der Waals surface area contributed by atoms with E-state index in [2.05, 4.69) is 60.6 Å². The van der Waals surface area contributed by atoms with Crippen molar-refractivity contribution in [3.63, 3.8) is 0 Å². The van der Waals surface area contributed by atoms with Crippen LogP contribution in [0.15, 0.2) is 10.4 Å². The molecule has 0 radical (unpaired) electrons. The highest BCUT2D eigenvalue weighted by molar-refractivity contribution is 14.0. The molecule has 1 aromatic heterocycles. The minimum atomic E-state index is 0. The van der Waals surface area contributed by atoms with Crippen molar-refractivity contribution in [2.24, 2.45) is 10.9 Å². The second-order valence-corrected chi connectivity index (χ2v) is 6.51. The molecule has 21 heavy (non-hydrogen) atoms. The predicted molar refractivity (Wildman–Crippen MR) is 104 cm³/mol. The molecule has 1 rings (SSSR count). The second-order valence-electron chi connectivity index (χ2n) is 5.62. The van der Waals surface area contributed by atoms with Gasteiger partial charge in [-0.3, -0.25) is 4.99 Å². The number of nitrogens with zero attached hydrogens (tertiary/aromatic N) is 2. The van der Waals surface area contributed by atoms with Crippen LogP contribution in [0.2, 0.25) is 0 Å². The summed E-state index contributed by atoms with van der Waals surface area (Å²) in [6.45, 7) is 13.4. The van der Waals surface area contributed by atoms with Crippen molar-refractivity contribution in [3.05, 3.63) is 16.1 Å². The van der Waals surface area contributed by atoms with Crippen LogP contribution in [0, 0.1) is 5.92 Å². The first-order chi connectivity index (χ1) is 9.52. The molecule has 6 heteroatoms. The monoisotopic (exact) mass is 424 g/mol. The lowest BCUT2D eigenvalue weighted by atomic mass is 10.2. The normalized spacial score (nSPS) is 11.7. The van der Waals surface area contributed by atoms with Gasteiger partial charge in [0, 0.05) is 37.4 Å². The first-order valence-corrected chi connectivity index (χ1v) is 8.37. The summed E-state index contributed by atoms with van der Waals surface area (Å²) in [7, 11) is 0. The Morgan fingerprint density at radius 1 is 1.29 bits per heavy atom. The van der Waals surface area contributed by atoms with Gasteiger partial charge in [0.2, 0.25) is 0 Å². The van der Waals surface area contributed by atoms with E-state index in [1.807, 2.05) is 0 Å². The summed E-state index contributed by atoms with van der Waals surface area (Å²) < 4.78 is 0. The van der Waals surface area contributed by atoms with Gasteiger partial charge in [-0.05, 0) is 12.8 Å². The summed E-state index contributed by atoms with van der Waals surface area (Å²) in [5.41, 5.74) is 1.17. The number of hydrogen-bond acceptors (Lipinski definition) is 3. The smallest absolute Gasteiger partial charge is 0.191 e. The van der Waals surface area contributed by atoms with Crippen LogP contribution in [0.5, 0.6) is 0 Å². The Balaban J connectivity index is 0.00000400. The first-order valence-electron chi connectivity index (χ1n) is 7.49. The number of aliphatic imine (C=N–C) groups is 1. The van der Waals surface area contributed by atoms with Gasteiger partial charge in [0.25, 0.3) is 0 Å². The van der Waals surface area contributed by atoms with Crippen molar-refractivity contribution in [2.75, 3.05) is 19.6 Å². The fourth-order valence-corrected chi connectivity index (χ4v) is 2.50. The fraction of sp³-hybridized carbons (Fsp3) is 0.733. The van der Waals surface area contributed by atoms with Crippen LogP contribution in [0.25, 0.3) is 0 Å². The van der Waals surface area contributed by atoms with Gasteiger partial charge in [-0.15, -0.1) is 35.3 Å². The molecule has 0 unspecified atom stereocenters. The Morgan fingerprint density at radius 3 is 2.52 bits per heavy atom. The summed E-state index contributed by atoms with van der Waals surface area (Å²) >= 11 is 1.76. The molecule has 0 aromatic carbocycles. The molecule has 4 nitrogen and oxygen atoms in total. The molecule has 0 aliphatic heterocycles. The molecule has 0 amide bonds. The molecule has 1 heterocycles. The van der Waals surface area contributed by atoms with Gasteiger partial charge in [-0.1, -0.05) is 27.7 Å². The molecule has 0 aliphatic carbocycles. The standard InChI is InChI=1S/C15H28N4S.HI/c1-6-16-15(18-9-11(2)3)17-8-7-13-10-20-14(19-13)12(4)5;/h10-12H,6-9H2,1-5H3,(H2,16,17,18);1H. The zero-order valence-electron chi connectivity index (χ0n) is 13.8. The summed E-state index contributed by atoms with van der Waals surface area (Å²) in [5, 5.41) is 10.0. The van der Waals surface area contributed by atoms with Crippen molar-refractivity contribution >= 4 is 41.3 Å². The van der Waals surface area contributed by atoms with Crippen LogP contribution in [0.1, 0.15) is 51.2 Å². The Hall–Kier alpha value is -0.370. The molecule has 1 aromatic rings. The summed E-state index contributed by atoms with van der Waals surface area (Å²) in [6, 6.07) is 0. The Labute approximate surface area is 150 Å². The van der Waals surface area contributed by atoms with Crippen molar-refractivity contribution < 1.29 is 0 Å². The molecular formula is C15H29IN4S. The van der Waals surface area contributed by atoms with Crippen molar-refractivity contribution in [1.29, 1.82) is 0 Å². The zero-order chi connectivity index (χ0) is 15.0. The average molecular weight is 424 g/mol. The lowest BCUT2D eigenvalue weighted by Gasteiger charge is -2.11. The number of rotatable bonds is 7. The number of halogens is 1. The molecular weight excluding hydrogens is 395 g/mol. The van der Waals surface area contributed by atoms with Gasteiger partial charge >= 0.3 is 0 Å². The fourth-order valence-electron chi connectivity index (χ4n) is 1.63. The lowest BCUT2D eigenvalue weighted by molar-refractivity contribution is 0.656. The van der Waals surface area contributed by atoms with Gasteiger partial charge in [0.1, 0.15) is 0 Å². The maximum Gasteiger partial charge on any atom is 0.191 e. The summed E-state index contributed by atoms with van der Waals surface area (Å²) in [4.78, 5) is 9.20. The maximum atomic E-state index is 4.65. The van der Waals surface area contributed by atoms with E-state index >= 15 is 0 Å². The van der Waals surface area contributed by atoms with Gasteiger partial charge in [-0.25, -0.2) is 4.98 Å². The van der Waals surface area contributed by atoms with E-state index < -0.39 is 0 Å². The topological polar surface area (TPSA) is 49.3 Å². The van der Waals surface area contributed by atoms with Gasteiger partial charge in [0.05, 0.1) is 10.7 Å². The Morgan fingerprint density at radius 2 is 2.00 bits per heavy atom. The highest BCUT2D eigenvalue weighted by atomic mass is 127. The molecule has 0 atom stereocenters. The third kappa shape index (κ3) is 8.60. The van der Waals surface area contributed by atoms with Gasteiger partial charge in [-0.2, -0.15) is 0 Å². The van der Waals surface area contributed by atoms with Crippen molar-refractivity contribution in [2.45, 2.75) is 47.0 Å². The van der Waals surface area contributed by atoms with Gasteiger partial charge in [0.15, 0.2) is 5.96 Å². The first kappa shape index (κ1) is 20.6. The molecule has 0 saturated carbocycles. The van der Waals surface area contributed by atoms with E-state index in [0.717, 1.165) is 32.0 Å². The molecule has 0 saturated heterocycles. The highest BCUT2D eigenvalue weighted by Crippen LogP contribution is 2.19. The van der Waals surface area contributed by atoms with E-state index in [1.165, 1.54) is 10.7 Å². The van der Waals surface area contributed by atoms with Crippen molar-refractivity contribution in [3.8, 4) is 0 Å². The van der Waals surface area contributed by atoms with E-state index in [-0.39, 0.29) is 24.0 Å². The van der Waals surface area contributed by atoms with Crippen LogP contribution < -0.4 is 10.6 Å². The number of thiazole rings is 1. The largest absolute Gasteiger partial charge is 0.357 e. The van der Waals surface area contributed by atoms with Gasteiger partial charge < -0.3 is 10.6 Å². The average Bonchev–Trinajstić information content (AvgIpc) is 2.85. The zero-order valence-corrected chi connectivity index (χ0v) is 16.9. The van der Waals surface area contributed by atoms with Crippen LogP contribution in [-0.2, 0) is 6.42 Å². The maximum absolute atomic E-state index is 4.65. The molecule has 0 aliphatic rings. The van der Waals surface area contributed by atoms with E-state index in [0.29, 0.717) is 11.8 Å². The minimum Gasteiger partial charge on any atom is -0.357 e. The molecule has 0 bridgehead atoms. The molecule has 122 valence electrons. The van der Waals surface area contributed by atoms with Crippen LogP contribution >= 0.6 is 35.3 Å². The molecule has 0 fully saturated rings. The van der Waals surface area contributed by atoms with E-state index in [1.54, 1.807) is 11.3 Å². The highest BCUT2D eigenvalue weighted by Gasteiger charge is 2.06. The quantitative estimate of drug-likeness (QED) is 0.399. The lowest BCUT2D eigenvalue weighted by Crippen LogP contribution is -2.38. The van der Waals surface area contributed by atoms with Crippen LogP contribution in [-0.4, -0.2) is 30.6 Å². The Bertz CT molecular complexity index is 416. The number of guanidine groups is 1. The SMILES string of the molecule is CCNC(=NCC(C)C)NCCc1csc(C(C)C)n1.I. The molecule has 0 spiro atoms. The van der Waals surface area contributed by atoms with Crippen LogP contribution in [0.3, 0.4) is 0 Å². The summed E-state index contributed by atoms with van der Waals surface area (Å²) in [5.74, 6) is 2.00. The summed E-state index contributed by atoms with van der Waals surface area (Å²) in [6.07, 6.45) is 0.940. The third-order valence-corrected chi connectivity index (χ3v) is 3.89. The van der Waals surface area contributed by atoms with E-state index in [4.69, 9.17) is 0 Å². The Kier molecular flexibility index (Phi) is 11.0. The minimum absolute atomic E-state index is 0. The number of hydrogen-bond donors (Lipinski definition) is 2. The third-order valence-electron chi connectivity index (χ3n) is 2.70.